The lowest BCUT2D eigenvalue weighted by molar-refractivity contribution is 0.173. The highest BCUT2D eigenvalue weighted by atomic mass is 35.5. The van der Waals surface area contributed by atoms with E-state index in [2.05, 4.69) is 22.5 Å². The molecular formula is C17H24ClN3O. The number of halogens is 1. The summed E-state index contributed by atoms with van der Waals surface area (Å²) < 4.78 is 1.69. The Morgan fingerprint density at radius 1 is 1.32 bits per heavy atom. The van der Waals surface area contributed by atoms with Crippen molar-refractivity contribution in [1.29, 1.82) is 0 Å². The Kier molecular flexibility index (Phi) is 6.00. The molecule has 0 spiro atoms. The largest absolute Gasteiger partial charge is 0.393 e. The smallest absolute Gasteiger partial charge is 0.131 e. The fraction of sp³-hybridized carbons (Fsp3) is 0.471. The van der Waals surface area contributed by atoms with Crippen LogP contribution >= 0.6 is 11.6 Å². The molecule has 0 bridgehead atoms. The molecule has 0 aliphatic rings. The fourth-order valence-electron chi connectivity index (χ4n) is 2.72. The van der Waals surface area contributed by atoms with E-state index in [1.165, 1.54) is 5.56 Å². The van der Waals surface area contributed by atoms with Gasteiger partial charge in [0.25, 0.3) is 0 Å². The third-order valence-corrected chi connectivity index (χ3v) is 4.33. The third-order valence-electron chi connectivity index (χ3n) is 3.86. The molecule has 1 aromatic carbocycles. The summed E-state index contributed by atoms with van der Waals surface area (Å²) in [6.07, 6.45) is 0.409. The number of benzene rings is 1. The normalized spacial score (nSPS) is 14.0. The maximum absolute atomic E-state index is 9.73. The second kappa shape index (κ2) is 7.77. The summed E-state index contributed by atoms with van der Waals surface area (Å²) in [4.78, 5) is 0. The van der Waals surface area contributed by atoms with Gasteiger partial charge in [-0.25, -0.2) is 0 Å². The molecule has 0 radical (unpaired) electrons. The van der Waals surface area contributed by atoms with Gasteiger partial charge < -0.3 is 10.4 Å². The number of hydrogen-bond acceptors (Lipinski definition) is 3. The van der Waals surface area contributed by atoms with Crippen LogP contribution in [0.4, 0.5) is 0 Å². The van der Waals surface area contributed by atoms with Gasteiger partial charge in [0, 0.05) is 25.7 Å². The van der Waals surface area contributed by atoms with E-state index in [1.807, 2.05) is 39.1 Å². The number of hydrogen-bond donors (Lipinski definition) is 2. The molecule has 0 saturated carbocycles. The summed E-state index contributed by atoms with van der Waals surface area (Å²) in [5, 5.41) is 18.2. The first-order valence-corrected chi connectivity index (χ1v) is 7.98. The lowest BCUT2D eigenvalue weighted by Crippen LogP contribution is -2.24. The highest BCUT2D eigenvalue weighted by Gasteiger charge is 2.15. The lowest BCUT2D eigenvalue weighted by Gasteiger charge is -2.19. The van der Waals surface area contributed by atoms with Crippen molar-refractivity contribution >= 4 is 11.6 Å². The van der Waals surface area contributed by atoms with E-state index in [0.29, 0.717) is 11.7 Å². The van der Waals surface area contributed by atoms with Gasteiger partial charge in [0.15, 0.2) is 0 Å². The van der Waals surface area contributed by atoms with Crippen molar-refractivity contribution in [2.75, 3.05) is 6.54 Å². The summed E-state index contributed by atoms with van der Waals surface area (Å²) in [7, 11) is 1.85. The molecule has 0 saturated heterocycles. The zero-order chi connectivity index (χ0) is 16.1. The molecule has 1 heterocycles. The van der Waals surface area contributed by atoms with Gasteiger partial charge >= 0.3 is 0 Å². The number of nitrogens with zero attached hydrogens (tertiary/aromatic N) is 2. The number of aliphatic hydroxyl groups excluding tert-OH is 1. The summed E-state index contributed by atoms with van der Waals surface area (Å²) in [5.41, 5.74) is 3.23. The minimum absolute atomic E-state index is 0.275. The third kappa shape index (κ3) is 4.32. The highest BCUT2D eigenvalue weighted by Crippen LogP contribution is 2.22. The van der Waals surface area contributed by atoms with Crippen LogP contribution in [0.15, 0.2) is 30.3 Å². The van der Waals surface area contributed by atoms with Gasteiger partial charge in [-0.15, -0.1) is 0 Å². The molecule has 2 N–H and O–H groups in total. The molecule has 0 aliphatic carbocycles. The molecule has 1 aromatic heterocycles. The van der Waals surface area contributed by atoms with Crippen molar-refractivity contribution < 1.29 is 5.11 Å². The average Bonchev–Trinajstić information content (AvgIpc) is 2.73. The predicted octanol–water partition coefficient (Wildman–Crippen LogP) is 3.03. The quantitative estimate of drug-likeness (QED) is 0.824. The van der Waals surface area contributed by atoms with Crippen molar-refractivity contribution in [2.45, 2.75) is 38.8 Å². The second-order valence-corrected chi connectivity index (χ2v) is 6.16. The molecule has 2 aromatic rings. The Bertz CT molecular complexity index is 595. The lowest BCUT2D eigenvalue weighted by atomic mass is 9.93. The van der Waals surface area contributed by atoms with Crippen LogP contribution in [-0.2, 0) is 13.6 Å². The number of aromatic nitrogens is 2. The highest BCUT2D eigenvalue weighted by molar-refractivity contribution is 6.30. The minimum Gasteiger partial charge on any atom is -0.393 e. The molecular weight excluding hydrogens is 298 g/mol. The monoisotopic (exact) mass is 321 g/mol. The summed E-state index contributed by atoms with van der Waals surface area (Å²) >= 11 is 6.25. The standard InChI is InChI=1S/C17H24ClN3O/c1-12(22)9-15(14-7-5-4-6-8-14)10-19-11-16-13(2)20-21(3)17(16)18/h4-8,12,15,19,22H,9-11H2,1-3H3. The van der Waals surface area contributed by atoms with Crippen LogP contribution in [0.3, 0.4) is 0 Å². The molecule has 0 amide bonds. The first-order valence-electron chi connectivity index (χ1n) is 7.60. The van der Waals surface area contributed by atoms with Crippen molar-refractivity contribution in [3.63, 3.8) is 0 Å². The van der Waals surface area contributed by atoms with Gasteiger partial charge in [-0.2, -0.15) is 5.10 Å². The molecule has 2 rings (SSSR count). The van der Waals surface area contributed by atoms with Gasteiger partial charge in [0.2, 0.25) is 0 Å². The van der Waals surface area contributed by atoms with E-state index in [0.717, 1.165) is 24.2 Å². The molecule has 0 fully saturated rings. The van der Waals surface area contributed by atoms with E-state index in [1.54, 1.807) is 4.68 Å². The van der Waals surface area contributed by atoms with Gasteiger partial charge in [-0.1, -0.05) is 41.9 Å². The Morgan fingerprint density at radius 3 is 2.55 bits per heavy atom. The van der Waals surface area contributed by atoms with Crippen LogP contribution < -0.4 is 5.32 Å². The molecule has 4 nitrogen and oxygen atoms in total. The first-order chi connectivity index (χ1) is 10.5. The molecule has 2 atom stereocenters. The zero-order valence-corrected chi connectivity index (χ0v) is 14.1. The first kappa shape index (κ1) is 17.0. The number of aryl methyl sites for hydroxylation is 2. The van der Waals surface area contributed by atoms with Crippen molar-refractivity contribution in [3.8, 4) is 0 Å². The van der Waals surface area contributed by atoms with Crippen LogP contribution in [0.2, 0.25) is 5.15 Å². The van der Waals surface area contributed by atoms with Crippen molar-refractivity contribution in [3.05, 3.63) is 52.3 Å². The summed E-state index contributed by atoms with van der Waals surface area (Å²) in [6.45, 7) is 5.27. The van der Waals surface area contributed by atoms with Crippen LogP contribution in [-0.4, -0.2) is 27.5 Å². The zero-order valence-electron chi connectivity index (χ0n) is 13.4. The molecule has 22 heavy (non-hydrogen) atoms. The molecule has 2 unspecified atom stereocenters. The van der Waals surface area contributed by atoms with Gasteiger partial charge in [-0.3, -0.25) is 4.68 Å². The Balaban J connectivity index is 2.00. The van der Waals surface area contributed by atoms with Gasteiger partial charge in [-0.05, 0) is 31.7 Å². The molecule has 5 heteroatoms. The topological polar surface area (TPSA) is 50.1 Å². The predicted molar refractivity (Wildman–Crippen MR) is 90.1 cm³/mol. The SMILES string of the molecule is Cc1nn(C)c(Cl)c1CNCC(CC(C)O)c1ccccc1. The Hall–Kier alpha value is -1.36. The molecule has 120 valence electrons. The Morgan fingerprint density at radius 2 is 2.00 bits per heavy atom. The van der Waals surface area contributed by atoms with Gasteiger partial charge in [0.05, 0.1) is 11.8 Å². The number of rotatable bonds is 7. The average molecular weight is 322 g/mol. The number of nitrogens with one attached hydrogen (secondary N) is 1. The van der Waals surface area contributed by atoms with Crippen molar-refractivity contribution in [2.24, 2.45) is 7.05 Å². The summed E-state index contributed by atoms with van der Waals surface area (Å²) in [5.74, 6) is 0.275. The molecule has 0 aliphatic heterocycles. The van der Waals surface area contributed by atoms with E-state index >= 15 is 0 Å². The van der Waals surface area contributed by atoms with Crippen LogP contribution in [0.5, 0.6) is 0 Å². The van der Waals surface area contributed by atoms with E-state index < -0.39 is 0 Å². The van der Waals surface area contributed by atoms with Crippen LogP contribution in [0.25, 0.3) is 0 Å². The Labute approximate surface area is 137 Å². The van der Waals surface area contributed by atoms with Crippen molar-refractivity contribution in [1.82, 2.24) is 15.1 Å². The second-order valence-electron chi connectivity index (χ2n) is 5.80. The maximum Gasteiger partial charge on any atom is 0.131 e. The summed E-state index contributed by atoms with van der Waals surface area (Å²) in [6, 6.07) is 10.3. The maximum atomic E-state index is 9.73. The van der Waals surface area contributed by atoms with E-state index in [-0.39, 0.29) is 12.0 Å². The van der Waals surface area contributed by atoms with E-state index in [9.17, 15) is 5.11 Å². The van der Waals surface area contributed by atoms with Crippen LogP contribution in [0, 0.1) is 6.92 Å². The van der Waals surface area contributed by atoms with Gasteiger partial charge in [0.1, 0.15) is 5.15 Å². The number of aliphatic hydroxyl groups is 1. The van der Waals surface area contributed by atoms with Crippen LogP contribution in [0.1, 0.15) is 36.1 Å². The van der Waals surface area contributed by atoms with E-state index in [4.69, 9.17) is 11.6 Å². The minimum atomic E-state index is -0.323. The fourth-order valence-corrected chi connectivity index (χ4v) is 2.96.